The van der Waals surface area contributed by atoms with Crippen molar-refractivity contribution in [3.05, 3.63) is 12.7 Å². The molecule has 84 valence electrons. The van der Waals surface area contributed by atoms with Crippen molar-refractivity contribution in [3.63, 3.8) is 0 Å². The quantitative estimate of drug-likeness (QED) is 0.333. The van der Waals surface area contributed by atoms with Crippen LogP contribution in [0.2, 0.25) is 0 Å². The third-order valence-electron chi connectivity index (χ3n) is 1.95. The van der Waals surface area contributed by atoms with Gasteiger partial charge in [-0.25, -0.2) is 0 Å². The van der Waals surface area contributed by atoms with Crippen LogP contribution in [0.3, 0.4) is 0 Å². The number of hydrogen-bond donors (Lipinski definition) is 0. The maximum atomic E-state index is 11.2. The average molecular weight is 210 g/mol. The zero-order valence-electron chi connectivity index (χ0n) is 9.25. The molecule has 0 aliphatic carbocycles. The Morgan fingerprint density at radius 3 is 2.27 bits per heavy atom. The Balaban J connectivity index is 3.60. The molecule has 0 amide bonds. The van der Waals surface area contributed by atoms with E-state index in [4.69, 9.17) is 0 Å². The first-order valence-electron chi connectivity index (χ1n) is 5.20. The Bertz CT molecular complexity index is 254. The summed E-state index contributed by atoms with van der Waals surface area (Å²) < 4.78 is 0. The summed E-state index contributed by atoms with van der Waals surface area (Å²) >= 11 is 0. The molecule has 0 saturated carbocycles. The van der Waals surface area contributed by atoms with E-state index < -0.39 is 0 Å². The first-order valence-corrected chi connectivity index (χ1v) is 5.20. The van der Waals surface area contributed by atoms with E-state index in [0.717, 1.165) is 19.3 Å². The number of unbranched alkanes of at least 4 members (excludes halogenated alkanes) is 2. The lowest BCUT2D eigenvalue weighted by Crippen LogP contribution is -2.10. The highest BCUT2D eigenvalue weighted by Crippen LogP contribution is 2.04. The van der Waals surface area contributed by atoms with E-state index >= 15 is 0 Å². The van der Waals surface area contributed by atoms with E-state index in [9.17, 15) is 14.4 Å². The summed E-state index contributed by atoms with van der Waals surface area (Å²) in [7, 11) is 0. The molecule has 0 aromatic carbocycles. The molecule has 0 heterocycles. The van der Waals surface area contributed by atoms with Gasteiger partial charge in [-0.05, 0) is 26.2 Å². The van der Waals surface area contributed by atoms with Crippen LogP contribution >= 0.6 is 0 Å². The van der Waals surface area contributed by atoms with Gasteiger partial charge in [0.25, 0.3) is 0 Å². The molecule has 0 rings (SSSR count). The number of Topliss-reactive ketones (excluding diaryl/α,β-unsaturated/α-hetero) is 3. The van der Waals surface area contributed by atoms with Crippen molar-refractivity contribution >= 4 is 17.3 Å². The van der Waals surface area contributed by atoms with Gasteiger partial charge in [-0.1, -0.05) is 6.08 Å². The van der Waals surface area contributed by atoms with Crippen LogP contribution in [0, 0.1) is 0 Å². The largest absolute Gasteiger partial charge is 0.300 e. The van der Waals surface area contributed by atoms with Crippen LogP contribution in [0.1, 0.15) is 45.4 Å². The Labute approximate surface area is 90.5 Å². The van der Waals surface area contributed by atoms with E-state index in [1.807, 2.05) is 6.08 Å². The highest BCUT2D eigenvalue weighted by molar-refractivity contribution is 6.06. The Morgan fingerprint density at radius 2 is 1.73 bits per heavy atom. The van der Waals surface area contributed by atoms with Gasteiger partial charge in [-0.3, -0.25) is 14.4 Å². The van der Waals surface area contributed by atoms with Crippen LogP contribution in [0.15, 0.2) is 12.7 Å². The van der Waals surface area contributed by atoms with Crippen LogP contribution in [-0.4, -0.2) is 17.3 Å². The highest BCUT2D eigenvalue weighted by atomic mass is 16.2. The Hall–Kier alpha value is -1.25. The number of carbonyl (C=O) groups is 3. The predicted octanol–water partition coefficient (Wildman–Crippen LogP) is 2.24. The topological polar surface area (TPSA) is 51.2 Å². The normalized spacial score (nSPS) is 9.67. The molecule has 0 N–H and O–H groups in total. The van der Waals surface area contributed by atoms with Gasteiger partial charge in [0.1, 0.15) is 17.3 Å². The molecule has 3 nitrogen and oxygen atoms in total. The van der Waals surface area contributed by atoms with Crippen LogP contribution in [0.4, 0.5) is 0 Å². The summed E-state index contributed by atoms with van der Waals surface area (Å²) in [6, 6.07) is 0. The Kier molecular flexibility index (Phi) is 7.42. The van der Waals surface area contributed by atoms with Gasteiger partial charge in [0, 0.05) is 6.42 Å². The van der Waals surface area contributed by atoms with E-state index in [-0.39, 0.29) is 30.2 Å². The molecule has 0 aromatic rings. The minimum Gasteiger partial charge on any atom is -0.300 e. The maximum Gasteiger partial charge on any atom is 0.147 e. The van der Waals surface area contributed by atoms with Gasteiger partial charge in [0.2, 0.25) is 0 Å². The molecular weight excluding hydrogens is 192 g/mol. The van der Waals surface area contributed by atoms with Gasteiger partial charge < -0.3 is 0 Å². The summed E-state index contributed by atoms with van der Waals surface area (Å²) in [4.78, 5) is 32.9. The molecule has 0 radical (unpaired) electrons. The number of hydrogen-bond acceptors (Lipinski definition) is 3. The third kappa shape index (κ3) is 9.06. The summed E-state index contributed by atoms with van der Waals surface area (Å²) in [5, 5.41) is 0. The molecule has 0 aliphatic rings. The zero-order chi connectivity index (χ0) is 11.7. The fourth-order valence-electron chi connectivity index (χ4n) is 1.26. The van der Waals surface area contributed by atoms with Crippen molar-refractivity contribution < 1.29 is 14.4 Å². The van der Waals surface area contributed by atoms with Crippen molar-refractivity contribution in [1.82, 2.24) is 0 Å². The summed E-state index contributed by atoms with van der Waals surface area (Å²) in [6.07, 6.45) is 4.65. The molecule has 0 saturated heterocycles. The van der Waals surface area contributed by atoms with Crippen molar-refractivity contribution in [2.45, 2.75) is 45.4 Å². The molecule has 0 atom stereocenters. The van der Waals surface area contributed by atoms with Gasteiger partial charge in [-0.15, -0.1) is 6.58 Å². The highest BCUT2D eigenvalue weighted by Gasteiger charge is 2.10. The van der Waals surface area contributed by atoms with Crippen LogP contribution in [0.5, 0.6) is 0 Å². The molecule has 0 fully saturated rings. The van der Waals surface area contributed by atoms with Crippen LogP contribution < -0.4 is 0 Å². The van der Waals surface area contributed by atoms with Gasteiger partial charge in [-0.2, -0.15) is 0 Å². The number of allylic oxidation sites excluding steroid dienone is 1. The van der Waals surface area contributed by atoms with E-state index in [1.54, 1.807) is 0 Å². The lowest BCUT2D eigenvalue weighted by molar-refractivity contribution is -0.129. The van der Waals surface area contributed by atoms with E-state index in [2.05, 4.69) is 6.58 Å². The molecular formula is C12H18O3. The van der Waals surface area contributed by atoms with Crippen molar-refractivity contribution in [1.29, 1.82) is 0 Å². The standard InChI is InChI=1S/C12H18O3/c1-3-4-5-6-7-11(14)9-12(15)8-10(2)13/h3H,1,4-9H2,2H3. The monoisotopic (exact) mass is 210 g/mol. The second-order valence-corrected chi connectivity index (χ2v) is 3.67. The Morgan fingerprint density at radius 1 is 1.07 bits per heavy atom. The molecule has 0 spiro atoms. The number of rotatable bonds is 9. The third-order valence-corrected chi connectivity index (χ3v) is 1.95. The minimum absolute atomic E-state index is 0.0645. The lowest BCUT2D eigenvalue weighted by atomic mass is 10.0. The lowest BCUT2D eigenvalue weighted by Gasteiger charge is -1.98. The summed E-state index contributed by atoms with van der Waals surface area (Å²) in [6.45, 7) is 4.94. The van der Waals surface area contributed by atoms with Crippen LogP contribution in [-0.2, 0) is 14.4 Å². The second-order valence-electron chi connectivity index (χ2n) is 3.67. The maximum absolute atomic E-state index is 11.2. The van der Waals surface area contributed by atoms with Crippen molar-refractivity contribution in [2.75, 3.05) is 0 Å². The molecule has 15 heavy (non-hydrogen) atoms. The number of carbonyl (C=O) groups excluding carboxylic acids is 3. The molecule has 0 unspecified atom stereocenters. The van der Waals surface area contributed by atoms with Crippen molar-refractivity contribution in [2.24, 2.45) is 0 Å². The van der Waals surface area contributed by atoms with Crippen LogP contribution in [0.25, 0.3) is 0 Å². The van der Waals surface area contributed by atoms with Gasteiger partial charge in [0.05, 0.1) is 12.8 Å². The second kappa shape index (κ2) is 8.09. The fraction of sp³-hybridized carbons (Fsp3) is 0.583. The van der Waals surface area contributed by atoms with E-state index in [1.165, 1.54) is 6.92 Å². The molecule has 0 aromatic heterocycles. The van der Waals surface area contributed by atoms with Crippen molar-refractivity contribution in [3.8, 4) is 0 Å². The predicted molar refractivity (Wildman–Crippen MR) is 58.6 cm³/mol. The molecule has 0 bridgehead atoms. The molecule has 3 heteroatoms. The average Bonchev–Trinajstić information content (AvgIpc) is 2.10. The first-order chi connectivity index (χ1) is 7.06. The summed E-state index contributed by atoms with van der Waals surface area (Å²) in [5.41, 5.74) is 0. The zero-order valence-corrected chi connectivity index (χ0v) is 9.25. The van der Waals surface area contributed by atoms with E-state index in [0.29, 0.717) is 6.42 Å². The first kappa shape index (κ1) is 13.8. The molecule has 0 aliphatic heterocycles. The fourth-order valence-corrected chi connectivity index (χ4v) is 1.26. The summed E-state index contributed by atoms with van der Waals surface area (Å²) in [5.74, 6) is -0.513. The van der Waals surface area contributed by atoms with Gasteiger partial charge >= 0.3 is 0 Å². The van der Waals surface area contributed by atoms with Gasteiger partial charge in [0.15, 0.2) is 0 Å². The smallest absolute Gasteiger partial charge is 0.147 e. The number of ketones is 3. The minimum atomic E-state index is -0.267. The SMILES string of the molecule is C=CCCCCC(=O)CC(=O)CC(C)=O.